The Morgan fingerprint density at radius 1 is 1.13 bits per heavy atom. The molecule has 23 heavy (non-hydrogen) atoms. The van der Waals surface area contributed by atoms with Crippen LogP contribution in [0.3, 0.4) is 0 Å². The van der Waals surface area contributed by atoms with Crippen LogP contribution in [0.2, 0.25) is 0 Å². The minimum absolute atomic E-state index is 0.110. The molecular formula is C16H14FN3O3. The fourth-order valence-corrected chi connectivity index (χ4v) is 1.91. The molecule has 0 fully saturated rings. The molecule has 0 spiro atoms. The third-order valence-electron chi connectivity index (χ3n) is 2.93. The highest BCUT2D eigenvalue weighted by Gasteiger charge is 2.15. The van der Waals surface area contributed by atoms with Gasteiger partial charge >= 0.3 is 0 Å². The second kappa shape index (κ2) is 6.87. The van der Waals surface area contributed by atoms with E-state index in [1.54, 1.807) is 18.3 Å². The molecule has 6 nitrogen and oxygen atoms in total. The van der Waals surface area contributed by atoms with E-state index in [2.05, 4.69) is 15.1 Å². The van der Waals surface area contributed by atoms with E-state index in [-0.39, 0.29) is 12.4 Å². The smallest absolute Gasteiger partial charge is 0.263 e. The molecule has 0 aliphatic heterocycles. The van der Waals surface area contributed by atoms with Gasteiger partial charge < -0.3 is 14.0 Å². The van der Waals surface area contributed by atoms with Gasteiger partial charge in [-0.25, -0.2) is 9.37 Å². The Kier molecular flexibility index (Phi) is 4.46. The number of hydrogen-bond acceptors (Lipinski definition) is 6. The molecule has 0 N–H and O–H groups in total. The number of ether oxygens (including phenoxy) is 2. The minimum atomic E-state index is -0.320. The lowest BCUT2D eigenvalue weighted by molar-refractivity contribution is 0.286. The first-order chi connectivity index (χ1) is 11.3. The van der Waals surface area contributed by atoms with Crippen molar-refractivity contribution in [3.05, 3.63) is 54.2 Å². The summed E-state index contributed by atoms with van der Waals surface area (Å²) in [5.41, 5.74) is 0.620. The number of halogens is 1. The van der Waals surface area contributed by atoms with Crippen molar-refractivity contribution < 1.29 is 18.4 Å². The molecule has 0 amide bonds. The van der Waals surface area contributed by atoms with Gasteiger partial charge in [0.15, 0.2) is 6.61 Å². The molecule has 0 saturated heterocycles. The highest BCUT2D eigenvalue weighted by Crippen LogP contribution is 2.26. The van der Waals surface area contributed by atoms with E-state index in [1.807, 2.05) is 6.92 Å². The summed E-state index contributed by atoms with van der Waals surface area (Å²) in [5.74, 6) is 1.31. The van der Waals surface area contributed by atoms with Crippen LogP contribution in [0, 0.1) is 5.82 Å². The predicted molar refractivity (Wildman–Crippen MR) is 79.4 cm³/mol. The number of pyridine rings is 1. The maximum Gasteiger partial charge on any atom is 0.263 e. The van der Waals surface area contributed by atoms with E-state index in [4.69, 9.17) is 14.0 Å². The molecule has 2 aromatic heterocycles. The van der Waals surface area contributed by atoms with Gasteiger partial charge in [0.05, 0.1) is 6.61 Å². The summed E-state index contributed by atoms with van der Waals surface area (Å²) in [7, 11) is 0. The molecule has 0 aliphatic carbocycles. The topological polar surface area (TPSA) is 70.3 Å². The van der Waals surface area contributed by atoms with Gasteiger partial charge in [-0.15, -0.1) is 0 Å². The third-order valence-corrected chi connectivity index (χ3v) is 2.93. The number of aromatic nitrogens is 3. The monoisotopic (exact) mass is 315 g/mol. The summed E-state index contributed by atoms with van der Waals surface area (Å²) >= 11 is 0. The second-order valence-electron chi connectivity index (χ2n) is 4.55. The highest BCUT2D eigenvalue weighted by atomic mass is 19.1. The first-order valence-electron chi connectivity index (χ1n) is 7.05. The van der Waals surface area contributed by atoms with E-state index in [9.17, 15) is 4.39 Å². The van der Waals surface area contributed by atoms with E-state index in [0.717, 1.165) is 0 Å². The van der Waals surface area contributed by atoms with Crippen molar-refractivity contribution in [1.82, 2.24) is 15.1 Å². The van der Waals surface area contributed by atoms with E-state index < -0.39 is 0 Å². The zero-order chi connectivity index (χ0) is 16.1. The molecule has 3 rings (SSSR count). The largest absolute Gasteiger partial charge is 0.485 e. The van der Waals surface area contributed by atoms with Gasteiger partial charge in [-0.3, -0.25) is 0 Å². The van der Waals surface area contributed by atoms with Crippen LogP contribution in [0.25, 0.3) is 11.5 Å². The average molecular weight is 315 g/mol. The lowest BCUT2D eigenvalue weighted by Gasteiger charge is -2.04. The van der Waals surface area contributed by atoms with Crippen LogP contribution in [-0.2, 0) is 6.61 Å². The molecule has 118 valence electrons. The van der Waals surface area contributed by atoms with Crippen molar-refractivity contribution in [2.75, 3.05) is 6.61 Å². The molecule has 0 unspecified atom stereocenters. The van der Waals surface area contributed by atoms with Crippen LogP contribution in [-0.4, -0.2) is 21.7 Å². The van der Waals surface area contributed by atoms with Gasteiger partial charge in [-0.2, -0.15) is 4.98 Å². The number of benzene rings is 1. The first-order valence-corrected chi connectivity index (χ1v) is 7.05. The Labute approximate surface area is 131 Å². The van der Waals surface area contributed by atoms with Crippen LogP contribution < -0.4 is 9.47 Å². The van der Waals surface area contributed by atoms with Crippen molar-refractivity contribution >= 4 is 0 Å². The van der Waals surface area contributed by atoms with Gasteiger partial charge in [0.25, 0.3) is 5.89 Å². The molecule has 0 bridgehead atoms. The number of rotatable bonds is 6. The molecule has 3 aromatic rings. The maximum absolute atomic E-state index is 12.8. The summed E-state index contributed by atoms with van der Waals surface area (Å²) in [6, 6.07) is 9.25. The standard InChI is InChI=1S/C16H14FN3O3/c1-2-21-15-13(4-3-9-18-15)16-19-14(20-23-16)10-22-12-7-5-11(17)6-8-12/h3-9H,2,10H2,1H3. The van der Waals surface area contributed by atoms with Crippen molar-refractivity contribution in [3.63, 3.8) is 0 Å². The van der Waals surface area contributed by atoms with Crippen molar-refractivity contribution in [2.45, 2.75) is 13.5 Å². The summed E-state index contributed by atoms with van der Waals surface area (Å²) in [5, 5.41) is 3.86. The van der Waals surface area contributed by atoms with Gasteiger partial charge in [0.1, 0.15) is 17.1 Å². The SMILES string of the molecule is CCOc1ncccc1-c1nc(COc2ccc(F)cc2)no1. The number of nitrogens with zero attached hydrogens (tertiary/aromatic N) is 3. The minimum Gasteiger partial charge on any atom is -0.485 e. The van der Waals surface area contributed by atoms with Gasteiger partial charge in [-0.05, 0) is 43.3 Å². The Morgan fingerprint density at radius 2 is 1.96 bits per heavy atom. The Morgan fingerprint density at radius 3 is 2.74 bits per heavy atom. The van der Waals surface area contributed by atoms with Gasteiger partial charge in [0.2, 0.25) is 11.7 Å². The lowest BCUT2D eigenvalue weighted by atomic mass is 10.3. The van der Waals surface area contributed by atoms with Crippen molar-refractivity contribution in [3.8, 4) is 23.1 Å². The van der Waals surface area contributed by atoms with E-state index in [1.165, 1.54) is 24.3 Å². The van der Waals surface area contributed by atoms with Crippen molar-refractivity contribution in [1.29, 1.82) is 0 Å². The predicted octanol–water partition coefficient (Wildman–Crippen LogP) is 3.25. The summed E-state index contributed by atoms with van der Waals surface area (Å²) in [6.07, 6.45) is 1.63. The van der Waals surface area contributed by atoms with Gasteiger partial charge in [0, 0.05) is 6.20 Å². The zero-order valence-corrected chi connectivity index (χ0v) is 12.4. The molecule has 1 aromatic carbocycles. The molecule has 0 radical (unpaired) electrons. The second-order valence-corrected chi connectivity index (χ2v) is 4.55. The molecule has 0 saturated carbocycles. The maximum atomic E-state index is 12.8. The normalized spacial score (nSPS) is 10.5. The first kappa shape index (κ1) is 15.0. The fourth-order valence-electron chi connectivity index (χ4n) is 1.91. The number of hydrogen-bond donors (Lipinski definition) is 0. The van der Waals surface area contributed by atoms with Crippen LogP contribution in [0.1, 0.15) is 12.7 Å². The highest BCUT2D eigenvalue weighted by molar-refractivity contribution is 5.59. The molecule has 7 heteroatoms. The van der Waals surface area contributed by atoms with Crippen molar-refractivity contribution in [2.24, 2.45) is 0 Å². The van der Waals surface area contributed by atoms with Crippen LogP contribution in [0.5, 0.6) is 11.6 Å². The quantitative estimate of drug-likeness (QED) is 0.695. The zero-order valence-electron chi connectivity index (χ0n) is 12.4. The molecular weight excluding hydrogens is 301 g/mol. The van der Waals surface area contributed by atoms with E-state index in [0.29, 0.717) is 35.5 Å². The Balaban J connectivity index is 1.72. The summed E-state index contributed by atoms with van der Waals surface area (Å²) in [6.45, 7) is 2.46. The van der Waals surface area contributed by atoms with E-state index >= 15 is 0 Å². The molecule has 0 atom stereocenters. The van der Waals surface area contributed by atoms with Crippen LogP contribution >= 0.6 is 0 Å². The summed E-state index contributed by atoms with van der Waals surface area (Å²) in [4.78, 5) is 8.40. The lowest BCUT2D eigenvalue weighted by Crippen LogP contribution is -1.98. The van der Waals surface area contributed by atoms with Crippen LogP contribution in [0.4, 0.5) is 4.39 Å². The summed E-state index contributed by atoms with van der Waals surface area (Å²) < 4.78 is 29.0. The average Bonchev–Trinajstić information content (AvgIpc) is 3.04. The van der Waals surface area contributed by atoms with Gasteiger partial charge in [-0.1, -0.05) is 5.16 Å². The van der Waals surface area contributed by atoms with Crippen LogP contribution in [0.15, 0.2) is 47.1 Å². The fraction of sp³-hybridized carbons (Fsp3) is 0.188. The molecule has 0 aliphatic rings. The molecule has 2 heterocycles. The Hall–Kier alpha value is -2.96. The third kappa shape index (κ3) is 3.63. The Bertz CT molecular complexity index is 774.